The average molecular weight is 557 g/mol. The van der Waals surface area contributed by atoms with Crippen molar-refractivity contribution in [3.8, 4) is 0 Å². The topological polar surface area (TPSA) is 117 Å². The highest BCUT2D eigenvalue weighted by Crippen LogP contribution is 2.66. The van der Waals surface area contributed by atoms with Crippen molar-refractivity contribution >= 4 is 17.6 Å². The fourth-order valence-electron chi connectivity index (χ4n) is 9.07. The highest BCUT2D eigenvalue weighted by molar-refractivity contribution is 6.05. The number of nitrogens with zero attached hydrogens (tertiary/aromatic N) is 1. The normalized spacial score (nSPS) is 41.8. The molecule has 8 heteroatoms. The van der Waals surface area contributed by atoms with Gasteiger partial charge in [-0.25, -0.2) is 0 Å². The number of carbonyl (C=O) groups is 2. The first kappa shape index (κ1) is 29.3. The molecule has 0 aromatic rings. The number of hydrogen-bond donors (Lipinski definition) is 3. The Balaban J connectivity index is 1.19. The van der Waals surface area contributed by atoms with E-state index in [2.05, 4.69) is 36.5 Å². The van der Waals surface area contributed by atoms with Crippen molar-refractivity contribution in [1.82, 2.24) is 5.32 Å². The quantitative estimate of drug-likeness (QED) is 0.380. The van der Waals surface area contributed by atoms with Gasteiger partial charge in [0.2, 0.25) is 0 Å². The fraction of sp³-hybridized carbons (Fsp3) is 0.781. The van der Waals surface area contributed by atoms with E-state index in [1.165, 1.54) is 5.57 Å². The summed E-state index contributed by atoms with van der Waals surface area (Å²) in [6.45, 7) is 11.0. The predicted molar refractivity (Wildman–Crippen MR) is 153 cm³/mol. The standard InChI is InChI=1S/C32H48N2O6/c1-29(2)18-20(11-15-39-29)26(17-28(36)37)33-27(35)19-40-34-22-8-12-30(3)21(16-22)6-7-23-24(30)9-13-31(4)25(23)10-14-32(31,5)38/h8,12,16,20,23-26,38H,6-7,9-11,13-15,17-19H2,1-5H3,(H,33,35)(H,36,37)/b34-22+/t20-,23-,24-,25+,26-,30-,31-,32-/m0/s1. The van der Waals surface area contributed by atoms with Crippen molar-refractivity contribution in [3.05, 3.63) is 23.8 Å². The van der Waals surface area contributed by atoms with Gasteiger partial charge >= 0.3 is 5.97 Å². The third-order valence-electron chi connectivity index (χ3n) is 11.5. The SMILES string of the molecule is CC1(C)C[C@@H]([C@H](CC(=O)O)NC(=O)CO/N=C2\C=C[C@@]3(C)C(=C2)CC[C@@H]2[C@H]4CC[C@](C)(O)[C@@]4(C)CC[C@@H]23)CCO1. The lowest BCUT2D eigenvalue weighted by atomic mass is 9.47. The van der Waals surface area contributed by atoms with Crippen LogP contribution in [0.3, 0.4) is 0 Å². The molecule has 4 aliphatic carbocycles. The number of fused-ring (bicyclic) bond motifs is 5. The van der Waals surface area contributed by atoms with Crippen LogP contribution in [0.15, 0.2) is 29.0 Å². The smallest absolute Gasteiger partial charge is 0.305 e. The molecule has 4 fully saturated rings. The summed E-state index contributed by atoms with van der Waals surface area (Å²) in [7, 11) is 0. The maximum atomic E-state index is 12.7. The number of hydrogen-bond acceptors (Lipinski definition) is 6. The van der Waals surface area contributed by atoms with Crippen molar-refractivity contribution in [2.45, 2.75) is 110 Å². The summed E-state index contributed by atoms with van der Waals surface area (Å²) in [5, 5.41) is 27.7. The Bertz CT molecular complexity index is 1110. The van der Waals surface area contributed by atoms with E-state index in [-0.39, 0.29) is 41.3 Å². The van der Waals surface area contributed by atoms with Gasteiger partial charge in [0.25, 0.3) is 5.91 Å². The number of rotatable bonds is 7. The van der Waals surface area contributed by atoms with E-state index < -0.39 is 17.6 Å². The van der Waals surface area contributed by atoms with Gasteiger partial charge in [-0.1, -0.05) is 30.7 Å². The summed E-state index contributed by atoms with van der Waals surface area (Å²) >= 11 is 0. The van der Waals surface area contributed by atoms with E-state index in [4.69, 9.17) is 9.57 Å². The summed E-state index contributed by atoms with van der Waals surface area (Å²) < 4.78 is 5.77. The molecule has 3 saturated carbocycles. The Morgan fingerprint density at radius 3 is 2.60 bits per heavy atom. The summed E-state index contributed by atoms with van der Waals surface area (Å²) in [5.41, 5.74) is 1.17. The first-order chi connectivity index (χ1) is 18.7. The van der Waals surface area contributed by atoms with Crippen LogP contribution in [0.5, 0.6) is 0 Å². The molecule has 5 rings (SSSR count). The van der Waals surface area contributed by atoms with E-state index in [9.17, 15) is 19.8 Å². The zero-order chi connectivity index (χ0) is 28.9. The largest absolute Gasteiger partial charge is 0.481 e. The molecule has 8 nitrogen and oxygen atoms in total. The van der Waals surface area contributed by atoms with Gasteiger partial charge in [-0.15, -0.1) is 0 Å². The summed E-state index contributed by atoms with van der Waals surface area (Å²) in [6, 6.07) is -0.474. The Morgan fingerprint density at radius 2 is 1.88 bits per heavy atom. The second-order valence-corrected chi connectivity index (χ2v) is 14.4. The second kappa shape index (κ2) is 10.6. The van der Waals surface area contributed by atoms with Crippen molar-refractivity contribution < 1.29 is 29.4 Å². The van der Waals surface area contributed by atoms with E-state index in [0.717, 1.165) is 38.5 Å². The number of aliphatic hydroxyl groups is 1. The molecule has 40 heavy (non-hydrogen) atoms. The molecule has 5 aliphatic rings. The van der Waals surface area contributed by atoms with Gasteiger partial charge < -0.3 is 25.1 Å². The van der Waals surface area contributed by atoms with Crippen molar-refractivity contribution in [1.29, 1.82) is 0 Å². The molecule has 0 spiro atoms. The Hall–Kier alpha value is -2.19. The molecule has 1 aliphatic heterocycles. The minimum Gasteiger partial charge on any atom is -0.481 e. The summed E-state index contributed by atoms with van der Waals surface area (Å²) in [5.74, 6) is 0.483. The molecule has 0 radical (unpaired) electrons. The van der Waals surface area contributed by atoms with E-state index in [1.54, 1.807) is 0 Å². The van der Waals surface area contributed by atoms with E-state index in [0.29, 0.717) is 42.9 Å². The minimum atomic E-state index is -0.937. The Labute approximate surface area is 238 Å². The number of nitrogens with one attached hydrogen (secondary N) is 1. The number of amides is 1. The van der Waals surface area contributed by atoms with Gasteiger partial charge in [0, 0.05) is 18.1 Å². The molecule has 0 aromatic heterocycles. The van der Waals surface area contributed by atoms with Crippen LogP contribution in [0.25, 0.3) is 0 Å². The molecule has 3 N–H and O–H groups in total. The third kappa shape index (κ3) is 5.38. The highest BCUT2D eigenvalue weighted by Gasteiger charge is 2.62. The van der Waals surface area contributed by atoms with Gasteiger partial charge in [-0.05, 0) is 113 Å². The number of carbonyl (C=O) groups excluding carboxylic acids is 1. The molecule has 0 aromatic carbocycles. The first-order valence-electron chi connectivity index (χ1n) is 15.2. The molecule has 0 unspecified atom stereocenters. The number of allylic oxidation sites excluding steroid dienone is 4. The zero-order valence-electron chi connectivity index (χ0n) is 24.9. The molecular weight excluding hydrogens is 508 g/mol. The zero-order valence-corrected chi connectivity index (χ0v) is 24.9. The number of carboxylic acid groups (broad SMARTS) is 1. The van der Waals surface area contributed by atoms with Crippen LogP contribution in [-0.2, 0) is 19.2 Å². The first-order valence-corrected chi connectivity index (χ1v) is 15.2. The van der Waals surface area contributed by atoms with E-state index in [1.807, 2.05) is 26.8 Å². The molecule has 222 valence electrons. The molecular formula is C32H48N2O6. The van der Waals surface area contributed by atoms with E-state index >= 15 is 0 Å². The van der Waals surface area contributed by atoms with Crippen molar-refractivity contribution in [2.24, 2.45) is 39.7 Å². The van der Waals surface area contributed by atoms with Gasteiger partial charge in [-0.3, -0.25) is 9.59 Å². The molecule has 1 amide bonds. The maximum absolute atomic E-state index is 12.7. The van der Waals surface area contributed by atoms with Gasteiger partial charge in [0.05, 0.1) is 17.6 Å². The summed E-state index contributed by atoms with van der Waals surface area (Å²) in [4.78, 5) is 29.6. The lowest BCUT2D eigenvalue weighted by Gasteiger charge is -2.58. The van der Waals surface area contributed by atoms with Gasteiger partial charge in [-0.2, -0.15) is 0 Å². The van der Waals surface area contributed by atoms with Crippen LogP contribution in [0.4, 0.5) is 0 Å². The fourth-order valence-corrected chi connectivity index (χ4v) is 9.07. The maximum Gasteiger partial charge on any atom is 0.305 e. The molecule has 1 heterocycles. The summed E-state index contributed by atoms with van der Waals surface area (Å²) in [6.07, 6.45) is 14.0. The number of aliphatic carboxylic acids is 1. The predicted octanol–water partition coefficient (Wildman–Crippen LogP) is 5.01. The molecule has 8 atom stereocenters. The second-order valence-electron chi connectivity index (χ2n) is 14.4. The van der Waals surface area contributed by atoms with Crippen LogP contribution in [0, 0.1) is 34.5 Å². The lowest BCUT2D eigenvalue weighted by molar-refractivity contribution is -0.139. The third-order valence-corrected chi connectivity index (χ3v) is 11.5. The average Bonchev–Trinajstić information content (AvgIpc) is 3.11. The monoisotopic (exact) mass is 556 g/mol. The number of oxime groups is 1. The van der Waals surface area contributed by atoms with Crippen molar-refractivity contribution in [3.63, 3.8) is 0 Å². The van der Waals surface area contributed by atoms with Crippen LogP contribution in [0.2, 0.25) is 0 Å². The molecule has 0 bridgehead atoms. The van der Waals surface area contributed by atoms with Crippen molar-refractivity contribution in [2.75, 3.05) is 13.2 Å². The van der Waals surface area contributed by atoms with Gasteiger partial charge in [0.15, 0.2) is 6.61 Å². The molecule has 1 saturated heterocycles. The number of ether oxygens (including phenoxy) is 1. The Kier molecular flexibility index (Phi) is 7.75. The Morgan fingerprint density at radius 1 is 1.12 bits per heavy atom. The van der Waals surface area contributed by atoms with Crippen LogP contribution in [-0.4, -0.2) is 58.3 Å². The van der Waals surface area contributed by atoms with Crippen LogP contribution < -0.4 is 5.32 Å². The van der Waals surface area contributed by atoms with Crippen LogP contribution >= 0.6 is 0 Å². The van der Waals surface area contributed by atoms with Gasteiger partial charge in [0.1, 0.15) is 5.71 Å². The minimum absolute atomic E-state index is 0.00952. The number of carboxylic acids is 1. The highest BCUT2D eigenvalue weighted by atomic mass is 16.6. The van der Waals surface area contributed by atoms with Crippen LogP contribution in [0.1, 0.15) is 92.4 Å². The lowest BCUT2D eigenvalue weighted by Crippen LogP contribution is -2.53.